The van der Waals surface area contributed by atoms with E-state index < -0.39 is 0 Å². The molecule has 0 saturated carbocycles. The second-order valence-electron chi connectivity index (χ2n) is 6.82. The number of rotatable bonds is 1. The number of nitrogens with one attached hydrogen (secondary N) is 2. The molecule has 4 nitrogen and oxygen atoms in total. The Kier molecular flexibility index (Phi) is 3.30. The number of benzene rings is 1. The van der Waals surface area contributed by atoms with Crippen LogP contribution in [0.2, 0.25) is 0 Å². The smallest absolute Gasteiger partial charge is 0.197 e. The summed E-state index contributed by atoms with van der Waals surface area (Å²) in [5, 5.41) is 0. The van der Waals surface area contributed by atoms with Gasteiger partial charge in [-0.05, 0) is 5.41 Å². The van der Waals surface area contributed by atoms with Gasteiger partial charge in [-0.3, -0.25) is 20.4 Å². The highest BCUT2D eigenvalue weighted by molar-refractivity contribution is 6.39. The van der Waals surface area contributed by atoms with Crippen molar-refractivity contribution in [2.24, 2.45) is 11.3 Å². The molecule has 1 aromatic rings. The van der Waals surface area contributed by atoms with Gasteiger partial charge in [0, 0.05) is 29.6 Å². The van der Waals surface area contributed by atoms with E-state index in [9.17, 15) is 9.59 Å². The van der Waals surface area contributed by atoms with Crippen molar-refractivity contribution in [2.75, 3.05) is 6.54 Å². The van der Waals surface area contributed by atoms with E-state index in [1.54, 1.807) is 24.3 Å². The first-order valence-electron chi connectivity index (χ1n) is 7.28. The van der Waals surface area contributed by atoms with E-state index >= 15 is 0 Å². The highest BCUT2D eigenvalue weighted by Crippen LogP contribution is 2.32. The normalized spacial score (nSPS) is 25.4. The number of ketones is 2. The van der Waals surface area contributed by atoms with Gasteiger partial charge >= 0.3 is 0 Å². The van der Waals surface area contributed by atoms with Gasteiger partial charge in [-0.15, -0.1) is 0 Å². The predicted octanol–water partition coefficient (Wildman–Crippen LogP) is 2.13. The third-order valence-corrected chi connectivity index (χ3v) is 4.24. The van der Waals surface area contributed by atoms with Crippen molar-refractivity contribution in [2.45, 2.75) is 26.8 Å². The predicted molar refractivity (Wildman–Crippen MR) is 81.1 cm³/mol. The van der Waals surface area contributed by atoms with E-state index in [-0.39, 0.29) is 28.9 Å². The van der Waals surface area contributed by atoms with Crippen LogP contribution in [-0.2, 0) is 0 Å². The zero-order valence-electron chi connectivity index (χ0n) is 12.6. The highest BCUT2D eigenvalue weighted by Gasteiger charge is 2.38. The van der Waals surface area contributed by atoms with Gasteiger partial charge in [0.05, 0.1) is 5.57 Å². The summed E-state index contributed by atoms with van der Waals surface area (Å²) in [4.78, 5) is 24.8. The zero-order chi connectivity index (χ0) is 15.2. The van der Waals surface area contributed by atoms with Crippen LogP contribution in [0.25, 0.3) is 0 Å². The van der Waals surface area contributed by atoms with Crippen LogP contribution in [0.15, 0.2) is 35.9 Å². The maximum atomic E-state index is 12.4. The minimum atomic E-state index is -0.143. The van der Waals surface area contributed by atoms with Crippen LogP contribution in [0.4, 0.5) is 0 Å². The van der Waals surface area contributed by atoms with E-state index in [4.69, 9.17) is 0 Å². The summed E-state index contributed by atoms with van der Waals surface area (Å²) in [6, 6.07) is 7.23. The van der Waals surface area contributed by atoms with Gasteiger partial charge in [-0.1, -0.05) is 51.1 Å². The number of hydrogen-bond donors (Lipinski definition) is 2. The van der Waals surface area contributed by atoms with Crippen molar-refractivity contribution in [3.05, 3.63) is 47.0 Å². The lowest BCUT2D eigenvalue weighted by Crippen LogP contribution is -2.41. The number of Topliss-reactive ketones (excluding diaryl/α,β-unsaturated/α-hetero) is 2. The molecule has 0 bridgehead atoms. The van der Waals surface area contributed by atoms with Crippen molar-refractivity contribution >= 4 is 11.6 Å². The first kappa shape index (κ1) is 14.2. The fraction of sp³-hybridized carbons (Fsp3) is 0.412. The average molecular weight is 284 g/mol. The maximum Gasteiger partial charge on any atom is 0.197 e. The van der Waals surface area contributed by atoms with Crippen LogP contribution in [-0.4, -0.2) is 24.2 Å². The largest absolute Gasteiger partial charge is 0.288 e. The van der Waals surface area contributed by atoms with Gasteiger partial charge in [-0.25, -0.2) is 0 Å². The Balaban J connectivity index is 1.95. The second-order valence-corrected chi connectivity index (χ2v) is 6.82. The second kappa shape index (κ2) is 4.90. The van der Waals surface area contributed by atoms with E-state index in [1.165, 1.54) is 0 Å². The van der Waals surface area contributed by atoms with Gasteiger partial charge in [0.15, 0.2) is 11.6 Å². The molecule has 1 saturated heterocycles. The number of carbonyl (C=O) groups is 2. The first-order chi connectivity index (χ1) is 9.89. The molecule has 2 atom stereocenters. The molecule has 2 unspecified atom stereocenters. The summed E-state index contributed by atoms with van der Waals surface area (Å²) >= 11 is 0. The minimum absolute atomic E-state index is 0.0444. The molecule has 1 aliphatic heterocycles. The lowest BCUT2D eigenvalue weighted by atomic mass is 9.79. The summed E-state index contributed by atoms with van der Waals surface area (Å²) in [5.74, 6) is -0.160. The molecule has 1 aliphatic carbocycles. The number of hydrogen-bond acceptors (Lipinski definition) is 4. The van der Waals surface area contributed by atoms with Crippen molar-refractivity contribution in [3.8, 4) is 0 Å². The topological polar surface area (TPSA) is 58.2 Å². The Morgan fingerprint density at radius 3 is 2.19 bits per heavy atom. The molecule has 0 aromatic heterocycles. The molecule has 1 fully saturated rings. The minimum Gasteiger partial charge on any atom is -0.288 e. The third-order valence-electron chi connectivity index (χ3n) is 4.24. The lowest BCUT2D eigenvalue weighted by Gasteiger charge is -2.30. The molecule has 0 spiro atoms. The van der Waals surface area contributed by atoms with Gasteiger partial charge in [0.1, 0.15) is 0 Å². The monoisotopic (exact) mass is 284 g/mol. The molecule has 2 aliphatic rings. The fourth-order valence-electron chi connectivity index (χ4n) is 3.16. The summed E-state index contributed by atoms with van der Waals surface area (Å²) < 4.78 is 0. The van der Waals surface area contributed by atoms with Crippen LogP contribution in [0.5, 0.6) is 0 Å². The van der Waals surface area contributed by atoms with Crippen molar-refractivity contribution in [1.29, 1.82) is 0 Å². The number of fused-ring (bicyclic) bond motifs is 1. The summed E-state index contributed by atoms with van der Waals surface area (Å²) in [7, 11) is 0. The van der Waals surface area contributed by atoms with Crippen LogP contribution in [0, 0.1) is 11.3 Å². The number of allylic oxidation sites excluding steroid dienone is 1. The number of hydrazine groups is 1. The highest BCUT2D eigenvalue weighted by atomic mass is 16.2. The standard InChI is InChI=1S/C17H20N2O2/c1-17(2,3)16-10(9-18-19-16)8-13-14(20)11-6-4-5-7-12(11)15(13)21/h4-8,10,16,18-19H,9H2,1-3H3. The van der Waals surface area contributed by atoms with Gasteiger partial charge < -0.3 is 0 Å². The molecule has 2 N–H and O–H groups in total. The van der Waals surface area contributed by atoms with E-state index in [0.717, 1.165) is 6.54 Å². The molecule has 1 heterocycles. The van der Waals surface area contributed by atoms with Crippen LogP contribution in [0.3, 0.4) is 0 Å². The van der Waals surface area contributed by atoms with E-state index in [0.29, 0.717) is 16.7 Å². The van der Waals surface area contributed by atoms with Gasteiger partial charge in [0.2, 0.25) is 0 Å². The third kappa shape index (κ3) is 2.34. The van der Waals surface area contributed by atoms with Crippen molar-refractivity contribution < 1.29 is 9.59 Å². The van der Waals surface area contributed by atoms with Crippen LogP contribution in [0.1, 0.15) is 41.5 Å². The van der Waals surface area contributed by atoms with Crippen LogP contribution < -0.4 is 10.9 Å². The fourth-order valence-corrected chi connectivity index (χ4v) is 3.16. The lowest BCUT2D eigenvalue weighted by molar-refractivity contribution is 0.0986. The first-order valence-corrected chi connectivity index (χ1v) is 7.28. The maximum absolute atomic E-state index is 12.4. The van der Waals surface area contributed by atoms with Crippen LogP contribution >= 0.6 is 0 Å². The Hall–Kier alpha value is -1.78. The van der Waals surface area contributed by atoms with Gasteiger partial charge in [-0.2, -0.15) is 0 Å². The SMILES string of the molecule is CC(C)(C)C1NNCC1C=C1C(=O)c2ccccc2C1=O. The summed E-state index contributed by atoms with van der Waals surface area (Å²) in [5.41, 5.74) is 7.81. The van der Waals surface area contributed by atoms with Crippen molar-refractivity contribution in [1.82, 2.24) is 10.9 Å². The summed E-state index contributed by atoms with van der Waals surface area (Å²) in [6.45, 7) is 7.17. The Morgan fingerprint density at radius 1 is 1.10 bits per heavy atom. The molecule has 21 heavy (non-hydrogen) atoms. The van der Waals surface area contributed by atoms with E-state index in [2.05, 4.69) is 31.6 Å². The van der Waals surface area contributed by atoms with Crippen molar-refractivity contribution in [3.63, 3.8) is 0 Å². The molecular weight excluding hydrogens is 264 g/mol. The summed E-state index contributed by atoms with van der Waals surface area (Å²) in [6.07, 6.45) is 1.85. The molecule has 0 radical (unpaired) electrons. The molecule has 3 rings (SSSR count). The van der Waals surface area contributed by atoms with Gasteiger partial charge in [0.25, 0.3) is 0 Å². The Bertz CT molecular complexity index is 603. The Morgan fingerprint density at radius 2 is 1.67 bits per heavy atom. The zero-order valence-corrected chi connectivity index (χ0v) is 12.6. The van der Waals surface area contributed by atoms with E-state index in [1.807, 2.05) is 6.08 Å². The quantitative estimate of drug-likeness (QED) is 0.613. The molecule has 110 valence electrons. The molecule has 1 aromatic carbocycles. The Labute approximate surface area is 124 Å². The molecule has 0 amide bonds. The molecular formula is C17H20N2O2. The number of carbonyl (C=O) groups excluding carboxylic acids is 2. The average Bonchev–Trinajstić information content (AvgIpc) is 2.99. The molecule has 4 heteroatoms.